The Hall–Kier alpha value is -0.870. The van der Waals surface area contributed by atoms with Gasteiger partial charge in [-0.1, -0.05) is 13.0 Å². The molecule has 1 heterocycles. The fourth-order valence-corrected chi connectivity index (χ4v) is 2.25. The zero-order chi connectivity index (χ0) is 12.9. The Morgan fingerprint density at radius 3 is 2.82 bits per heavy atom. The van der Waals surface area contributed by atoms with Crippen molar-refractivity contribution >= 4 is 5.97 Å². The van der Waals surface area contributed by atoms with Crippen LogP contribution in [0.15, 0.2) is 11.6 Å². The second kappa shape index (κ2) is 6.17. The summed E-state index contributed by atoms with van der Waals surface area (Å²) in [5.41, 5.74) is 0.413. The molecular weight excluding hydrogens is 218 g/mol. The van der Waals surface area contributed by atoms with Crippen molar-refractivity contribution in [1.82, 2.24) is 4.90 Å². The van der Waals surface area contributed by atoms with Gasteiger partial charge < -0.3 is 9.84 Å². The first-order valence-corrected chi connectivity index (χ1v) is 6.20. The average Bonchev–Trinajstić information content (AvgIpc) is 2.29. The highest BCUT2D eigenvalue weighted by molar-refractivity contribution is 5.86. The molecule has 1 rings (SSSR count). The quantitative estimate of drug-likeness (QED) is 0.747. The van der Waals surface area contributed by atoms with Crippen LogP contribution >= 0.6 is 0 Å². The first-order valence-electron chi connectivity index (χ1n) is 6.20. The zero-order valence-electron chi connectivity index (χ0n) is 11.0. The van der Waals surface area contributed by atoms with E-state index in [1.54, 1.807) is 7.11 Å². The lowest BCUT2D eigenvalue weighted by atomic mass is 9.95. The van der Waals surface area contributed by atoms with Crippen molar-refractivity contribution in [3.05, 3.63) is 11.6 Å². The van der Waals surface area contributed by atoms with Gasteiger partial charge in [0.25, 0.3) is 0 Å². The summed E-state index contributed by atoms with van der Waals surface area (Å²) in [4.78, 5) is 13.1. The molecule has 0 aromatic heterocycles. The lowest BCUT2D eigenvalue weighted by Crippen LogP contribution is -2.47. The van der Waals surface area contributed by atoms with E-state index in [2.05, 4.69) is 11.8 Å². The Balaban J connectivity index is 2.54. The molecular formula is C13H23NO3. The van der Waals surface area contributed by atoms with Gasteiger partial charge in [-0.2, -0.15) is 0 Å². The molecule has 1 aliphatic heterocycles. The first kappa shape index (κ1) is 14.2. The van der Waals surface area contributed by atoms with E-state index in [0.717, 1.165) is 25.9 Å². The molecule has 1 atom stereocenters. The zero-order valence-corrected chi connectivity index (χ0v) is 11.0. The Labute approximate surface area is 103 Å². The van der Waals surface area contributed by atoms with Crippen LogP contribution < -0.4 is 0 Å². The van der Waals surface area contributed by atoms with Gasteiger partial charge >= 0.3 is 5.97 Å². The number of likely N-dealkylation sites (tertiary alicyclic amines) is 1. The van der Waals surface area contributed by atoms with Crippen molar-refractivity contribution in [2.45, 2.75) is 38.7 Å². The molecule has 1 fully saturated rings. The monoisotopic (exact) mass is 241 g/mol. The number of piperidine rings is 1. The number of carbonyl (C=O) groups is 1. The van der Waals surface area contributed by atoms with Crippen molar-refractivity contribution in [1.29, 1.82) is 0 Å². The summed E-state index contributed by atoms with van der Waals surface area (Å²) in [7, 11) is 1.74. The largest absolute Gasteiger partial charge is 0.478 e. The van der Waals surface area contributed by atoms with Crippen LogP contribution in [0.3, 0.4) is 0 Å². The summed E-state index contributed by atoms with van der Waals surface area (Å²) in [5.74, 6) is -0.806. The van der Waals surface area contributed by atoms with Crippen LogP contribution in [0.5, 0.6) is 0 Å². The van der Waals surface area contributed by atoms with Crippen LogP contribution in [-0.4, -0.2) is 48.3 Å². The van der Waals surface area contributed by atoms with E-state index in [-0.39, 0.29) is 5.60 Å². The lowest BCUT2D eigenvalue weighted by molar-refractivity contribution is -0.132. The molecule has 0 saturated carbocycles. The molecule has 0 aromatic rings. The third-order valence-corrected chi connectivity index (χ3v) is 3.48. The molecule has 0 spiro atoms. The SMILES string of the molecule is CCC(=CCN1CCCC(C)(OC)C1)C(=O)O. The fraction of sp³-hybridized carbons (Fsp3) is 0.769. The molecule has 1 N–H and O–H groups in total. The minimum absolute atomic E-state index is 0.0817. The van der Waals surface area contributed by atoms with Gasteiger partial charge in [0.05, 0.1) is 5.60 Å². The van der Waals surface area contributed by atoms with Gasteiger partial charge in [-0.05, 0) is 32.7 Å². The molecule has 4 nitrogen and oxygen atoms in total. The fourth-order valence-electron chi connectivity index (χ4n) is 2.25. The van der Waals surface area contributed by atoms with Crippen molar-refractivity contribution in [3.63, 3.8) is 0 Å². The molecule has 0 aromatic carbocycles. The second-order valence-electron chi connectivity index (χ2n) is 4.88. The summed E-state index contributed by atoms with van der Waals surface area (Å²) in [6.45, 7) is 6.58. The highest BCUT2D eigenvalue weighted by atomic mass is 16.5. The standard InChI is InChI=1S/C13H23NO3/c1-4-11(12(15)16)6-9-14-8-5-7-13(2,10-14)17-3/h6H,4-5,7-10H2,1-3H3,(H,15,16). The molecule has 0 amide bonds. The van der Waals surface area contributed by atoms with Gasteiger partial charge in [-0.15, -0.1) is 0 Å². The number of aliphatic carboxylic acids is 1. The molecule has 1 unspecified atom stereocenters. The number of hydrogen-bond acceptors (Lipinski definition) is 3. The third kappa shape index (κ3) is 4.13. The minimum Gasteiger partial charge on any atom is -0.478 e. The third-order valence-electron chi connectivity index (χ3n) is 3.48. The number of carboxylic acids is 1. The molecule has 98 valence electrons. The molecule has 17 heavy (non-hydrogen) atoms. The summed E-state index contributed by atoms with van der Waals surface area (Å²) in [5, 5.41) is 8.94. The van der Waals surface area contributed by atoms with Crippen LogP contribution in [0.4, 0.5) is 0 Å². The predicted molar refractivity (Wildman–Crippen MR) is 67.1 cm³/mol. The maximum absolute atomic E-state index is 10.9. The number of ether oxygens (including phenoxy) is 1. The summed E-state index contributed by atoms with van der Waals surface area (Å²) >= 11 is 0. The van der Waals surface area contributed by atoms with Crippen LogP contribution in [0.1, 0.15) is 33.1 Å². The van der Waals surface area contributed by atoms with Crippen LogP contribution in [0.2, 0.25) is 0 Å². The predicted octanol–water partition coefficient (Wildman–Crippen LogP) is 1.91. The second-order valence-corrected chi connectivity index (χ2v) is 4.88. The lowest BCUT2D eigenvalue weighted by Gasteiger charge is -2.39. The van der Waals surface area contributed by atoms with Gasteiger partial charge in [0.1, 0.15) is 0 Å². The Bertz CT molecular complexity index is 301. The molecule has 4 heteroatoms. The van der Waals surface area contributed by atoms with E-state index >= 15 is 0 Å². The van der Waals surface area contributed by atoms with E-state index in [0.29, 0.717) is 18.5 Å². The van der Waals surface area contributed by atoms with Crippen LogP contribution in [0.25, 0.3) is 0 Å². The van der Waals surface area contributed by atoms with E-state index in [1.807, 2.05) is 13.0 Å². The normalized spacial score (nSPS) is 27.1. The first-order chi connectivity index (χ1) is 8.00. The maximum Gasteiger partial charge on any atom is 0.331 e. The molecule has 0 bridgehead atoms. The number of rotatable bonds is 5. The number of hydrogen-bond donors (Lipinski definition) is 1. The highest BCUT2D eigenvalue weighted by Gasteiger charge is 2.30. The van der Waals surface area contributed by atoms with Gasteiger partial charge in [-0.25, -0.2) is 4.79 Å². The topological polar surface area (TPSA) is 49.8 Å². The number of carboxylic acid groups (broad SMARTS) is 1. The summed E-state index contributed by atoms with van der Waals surface area (Å²) in [6, 6.07) is 0. The van der Waals surface area contributed by atoms with Gasteiger partial charge in [-0.3, -0.25) is 4.90 Å². The van der Waals surface area contributed by atoms with Crippen molar-refractivity contribution in [2.24, 2.45) is 0 Å². The van der Waals surface area contributed by atoms with Crippen molar-refractivity contribution < 1.29 is 14.6 Å². The van der Waals surface area contributed by atoms with Crippen LogP contribution in [-0.2, 0) is 9.53 Å². The molecule has 1 aliphatic rings. The van der Waals surface area contributed by atoms with Gasteiger partial charge in [0.15, 0.2) is 0 Å². The van der Waals surface area contributed by atoms with E-state index in [1.165, 1.54) is 0 Å². The maximum atomic E-state index is 10.9. The number of methoxy groups -OCH3 is 1. The summed E-state index contributed by atoms with van der Waals surface area (Å²) in [6.07, 6.45) is 4.57. The van der Waals surface area contributed by atoms with Gasteiger partial charge in [0, 0.05) is 25.8 Å². The van der Waals surface area contributed by atoms with Gasteiger partial charge in [0.2, 0.25) is 0 Å². The van der Waals surface area contributed by atoms with E-state index < -0.39 is 5.97 Å². The smallest absolute Gasteiger partial charge is 0.331 e. The Kier molecular flexibility index (Phi) is 5.15. The van der Waals surface area contributed by atoms with Crippen molar-refractivity contribution in [2.75, 3.05) is 26.7 Å². The Morgan fingerprint density at radius 2 is 2.29 bits per heavy atom. The molecule has 0 radical (unpaired) electrons. The number of nitrogens with zero attached hydrogens (tertiary/aromatic N) is 1. The summed E-state index contributed by atoms with van der Waals surface area (Å²) < 4.78 is 5.51. The molecule has 1 saturated heterocycles. The van der Waals surface area contributed by atoms with Crippen LogP contribution in [0, 0.1) is 0 Å². The van der Waals surface area contributed by atoms with E-state index in [4.69, 9.17) is 9.84 Å². The average molecular weight is 241 g/mol. The molecule has 0 aliphatic carbocycles. The Morgan fingerprint density at radius 1 is 1.59 bits per heavy atom. The minimum atomic E-state index is -0.806. The highest BCUT2D eigenvalue weighted by Crippen LogP contribution is 2.23. The van der Waals surface area contributed by atoms with E-state index in [9.17, 15) is 4.79 Å². The van der Waals surface area contributed by atoms with Crippen molar-refractivity contribution in [3.8, 4) is 0 Å².